The number of amides is 1. The smallest absolute Gasteiger partial charge is 0.237 e. The van der Waals surface area contributed by atoms with Gasteiger partial charge in [0.1, 0.15) is 0 Å². The third kappa shape index (κ3) is 4.27. The van der Waals surface area contributed by atoms with Gasteiger partial charge in [-0.1, -0.05) is 27.2 Å². The van der Waals surface area contributed by atoms with Gasteiger partial charge < -0.3 is 11.1 Å². The van der Waals surface area contributed by atoms with Crippen molar-refractivity contribution in [3.05, 3.63) is 0 Å². The van der Waals surface area contributed by atoms with E-state index in [1.807, 2.05) is 13.8 Å². The third-order valence-corrected chi connectivity index (χ3v) is 2.64. The van der Waals surface area contributed by atoms with Crippen molar-refractivity contribution in [2.24, 2.45) is 11.7 Å². The first-order valence-electron chi connectivity index (χ1n) is 5.08. The summed E-state index contributed by atoms with van der Waals surface area (Å²) in [6.45, 7) is 8.18. The van der Waals surface area contributed by atoms with E-state index in [1.165, 1.54) is 0 Å². The second kappa shape index (κ2) is 5.97. The standard InChI is InChI=1S/C10H22N2O/c1-5-7(3)8(4)12-10(13)9(11)6-2/h7-9H,5-6,11H2,1-4H3,(H,12,13). The van der Waals surface area contributed by atoms with Gasteiger partial charge in [0.15, 0.2) is 0 Å². The summed E-state index contributed by atoms with van der Waals surface area (Å²) in [7, 11) is 0. The molecule has 3 heteroatoms. The first-order valence-corrected chi connectivity index (χ1v) is 5.08. The number of hydrogen-bond donors (Lipinski definition) is 2. The molecule has 0 aromatic heterocycles. The van der Waals surface area contributed by atoms with Crippen molar-refractivity contribution in [3.63, 3.8) is 0 Å². The molecule has 3 nitrogen and oxygen atoms in total. The van der Waals surface area contributed by atoms with E-state index in [0.29, 0.717) is 12.3 Å². The van der Waals surface area contributed by atoms with Crippen molar-refractivity contribution >= 4 is 5.91 Å². The molecular weight excluding hydrogens is 164 g/mol. The lowest BCUT2D eigenvalue weighted by atomic mass is 10.0. The number of carbonyl (C=O) groups excluding carboxylic acids is 1. The first kappa shape index (κ1) is 12.4. The lowest BCUT2D eigenvalue weighted by Crippen LogP contribution is -2.46. The Labute approximate surface area is 81.1 Å². The topological polar surface area (TPSA) is 55.1 Å². The van der Waals surface area contributed by atoms with Crippen LogP contribution in [0, 0.1) is 5.92 Å². The number of carbonyl (C=O) groups is 1. The fourth-order valence-electron chi connectivity index (χ4n) is 1.01. The zero-order valence-electron chi connectivity index (χ0n) is 9.13. The van der Waals surface area contributed by atoms with Gasteiger partial charge in [0, 0.05) is 6.04 Å². The lowest BCUT2D eigenvalue weighted by molar-refractivity contribution is -0.123. The molecule has 0 aliphatic heterocycles. The molecule has 0 radical (unpaired) electrons. The Morgan fingerprint density at radius 3 is 2.23 bits per heavy atom. The van der Waals surface area contributed by atoms with Crippen LogP contribution in [0.25, 0.3) is 0 Å². The van der Waals surface area contributed by atoms with E-state index in [9.17, 15) is 4.79 Å². The van der Waals surface area contributed by atoms with Crippen LogP contribution in [0.4, 0.5) is 0 Å². The predicted octanol–water partition coefficient (Wildman–Crippen LogP) is 1.27. The summed E-state index contributed by atoms with van der Waals surface area (Å²) in [4.78, 5) is 11.4. The molecule has 0 saturated carbocycles. The van der Waals surface area contributed by atoms with Crippen LogP contribution < -0.4 is 11.1 Å². The Bertz CT molecular complexity index is 159. The molecule has 0 aliphatic rings. The van der Waals surface area contributed by atoms with Crippen molar-refractivity contribution in [3.8, 4) is 0 Å². The number of rotatable bonds is 5. The van der Waals surface area contributed by atoms with Crippen LogP contribution in [-0.4, -0.2) is 18.0 Å². The highest BCUT2D eigenvalue weighted by molar-refractivity contribution is 5.81. The van der Waals surface area contributed by atoms with Crippen molar-refractivity contribution in [1.29, 1.82) is 0 Å². The van der Waals surface area contributed by atoms with E-state index >= 15 is 0 Å². The molecule has 0 heterocycles. The van der Waals surface area contributed by atoms with Crippen LogP contribution in [0.3, 0.4) is 0 Å². The minimum absolute atomic E-state index is 0.0321. The number of hydrogen-bond acceptors (Lipinski definition) is 2. The summed E-state index contributed by atoms with van der Waals surface area (Å²) in [6, 6.07) is -0.137. The van der Waals surface area contributed by atoms with Gasteiger partial charge in [0.25, 0.3) is 0 Å². The van der Waals surface area contributed by atoms with Crippen LogP contribution in [0.2, 0.25) is 0 Å². The monoisotopic (exact) mass is 186 g/mol. The molecule has 13 heavy (non-hydrogen) atoms. The van der Waals surface area contributed by atoms with E-state index in [4.69, 9.17) is 5.73 Å². The molecule has 1 amide bonds. The van der Waals surface area contributed by atoms with E-state index < -0.39 is 0 Å². The lowest BCUT2D eigenvalue weighted by Gasteiger charge is -2.21. The zero-order valence-corrected chi connectivity index (χ0v) is 9.13. The zero-order chi connectivity index (χ0) is 10.4. The maximum atomic E-state index is 11.4. The highest BCUT2D eigenvalue weighted by atomic mass is 16.2. The molecule has 0 aromatic rings. The fraction of sp³-hybridized carbons (Fsp3) is 0.900. The normalized spacial score (nSPS) is 17.6. The van der Waals surface area contributed by atoms with Gasteiger partial charge in [0.05, 0.1) is 6.04 Å². The molecule has 78 valence electrons. The van der Waals surface area contributed by atoms with Gasteiger partial charge in [-0.2, -0.15) is 0 Å². The van der Waals surface area contributed by atoms with E-state index in [-0.39, 0.29) is 18.0 Å². The Balaban J connectivity index is 3.91. The van der Waals surface area contributed by atoms with E-state index in [1.54, 1.807) is 0 Å². The highest BCUT2D eigenvalue weighted by Gasteiger charge is 2.16. The SMILES string of the molecule is CCC(N)C(=O)NC(C)C(C)CC. The van der Waals surface area contributed by atoms with Crippen molar-refractivity contribution in [1.82, 2.24) is 5.32 Å². The molecular formula is C10H22N2O. The van der Waals surface area contributed by atoms with Crippen LogP contribution in [0.1, 0.15) is 40.5 Å². The van der Waals surface area contributed by atoms with Crippen LogP contribution in [0.5, 0.6) is 0 Å². The van der Waals surface area contributed by atoms with Crippen molar-refractivity contribution < 1.29 is 4.79 Å². The molecule has 3 N–H and O–H groups in total. The number of nitrogens with two attached hydrogens (primary N) is 1. The van der Waals surface area contributed by atoms with Crippen LogP contribution >= 0.6 is 0 Å². The summed E-state index contributed by atoms with van der Waals surface area (Å²) >= 11 is 0. The molecule has 3 unspecified atom stereocenters. The molecule has 0 aromatic carbocycles. The van der Waals surface area contributed by atoms with Gasteiger partial charge >= 0.3 is 0 Å². The average Bonchev–Trinajstić information content (AvgIpc) is 2.14. The van der Waals surface area contributed by atoms with Crippen molar-refractivity contribution in [2.45, 2.75) is 52.6 Å². The third-order valence-electron chi connectivity index (χ3n) is 2.64. The molecule has 3 atom stereocenters. The average molecular weight is 186 g/mol. The molecule has 0 bridgehead atoms. The molecule has 0 spiro atoms. The van der Waals surface area contributed by atoms with Gasteiger partial charge in [-0.15, -0.1) is 0 Å². The molecule has 0 aliphatic carbocycles. The van der Waals surface area contributed by atoms with Crippen LogP contribution in [-0.2, 0) is 4.79 Å². The molecule has 0 fully saturated rings. The minimum atomic E-state index is -0.355. The van der Waals surface area contributed by atoms with Crippen LogP contribution in [0.15, 0.2) is 0 Å². The number of nitrogens with one attached hydrogen (secondary N) is 1. The molecule has 0 saturated heterocycles. The fourth-order valence-corrected chi connectivity index (χ4v) is 1.01. The van der Waals surface area contributed by atoms with Gasteiger partial charge in [0.2, 0.25) is 5.91 Å². The van der Waals surface area contributed by atoms with Gasteiger partial charge in [-0.05, 0) is 19.3 Å². The Morgan fingerprint density at radius 2 is 1.85 bits per heavy atom. The largest absolute Gasteiger partial charge is 0.352 e. The summed E-state index contributed by atoms with van der Waals surface area (Å²) in [5.41, 5.74) is 5.59. The quantitative estimate of drug-likeness (QED) is 0.679. The van der Waals surface area contributed by atoms with Gasteiger partial charge in [-0.25, -0.2) is 0 Å². The van der Waals surface area contributed by atoms with E-state index in [0.717, 1.165) is 6.42 Å². The second-order valence-corrected chi connectivity index (χ2v) is 3.70. The Hall–Kier alpha value is -0.570. The Kier molecular flexibility index (Phi) is 5.71. The minimum Gasteiger partial charge on any atom is -0.352 e. The van der Waals surface area contributed by atoms with Gasteiger partial charge in [-0.3, -0.25) is 4.79 Å². The highest BCUT2D eigenvalue weighted by Crippen LogP contribution is 2.06. The summed E-state index contributed by atoms with van der Waals surface area (Å²) in [5, 5.41) is 2.92. The summed E-state index contributed by atoms with van der Waals surface area (Å²) < 4.78 is 0. The summed E-state index contributed by atoms with van der Waals surface area (Å²) in [6.07, 6.45) is 1.77. The molecule has 0 rings (SSSR count). The van der Waals surface area contributed by atoms with E-state index in [2.05, 4.69) is 19.2 Å². The Morgan fingerprint density at radius 1 is 1.31 bits per heavy atom. The summed E-state index contributed by atoms with van der Waals surface area (Å²) in [5.74, 6) is 0.475. The maximum Gasteiger partial charge on any atom is 0.237 e. The second-order valence-electron chi connectivity index (χ2n) is 3.70. The van der Waals surface area contributed by atoms with Crippen molar-refractivity contribution in [2.75, 3.05) is 0 Å². The first-order chi connectivity index (χ1) is 6.02. The predicted molar refractivity (Wildman–Crippen MR) is 55.3 cm³/mol. The maximum absolute atomic E-state index is 11.4.